The molecule has 236 valence electrons. The van der Waals surface area contributed by atoms with Gasteiger partial charge in [-0.25, -0.2) is 17.5 Å². The van der Waals surface area contributed by atoms with Gasteiger partial charge >= 0.3 is 0 Å². The summed E-state index contributed by atoms with van der Waals surface area (Å²) in [5.41, 5.74) is 0.473. The Morgan fingerprint density at radius 1 is 1.21 bits per heavy atom. The molecule has 0 unspecified atom stereocenters. The van der Waals surface area contributed by atoms with Crippen molar-refractivity contribution in [2.45, 2.75) is 82.5 Å². The van der Waals surface area contributed by atoms with Gasteiger partial charge in [0.2, 0.25) is 21.8 Å². The van der Waals surface area contributed by atoms with E-state index in [4.69, 9.17) is 23.2 Å². The zero-order valence-corrected chi connectivity index (χ0v) is 27.3. The van der Waals surface area contributed by atoms with Crippen LogP contribution >= 0.6 is 23.2 Å². The molecule has 2 heterocycles. The molecule has 8 nitrogen and oxygen atoms in total. The molecule has 1 aliphatic carbocycles. The summed E-state index contributed by atoms with van der Waals surface area (Å²) in [6.07, 6.45) is 8.83. The average molecular weight is 656 g/mol. The second-order valence-corrected chi connectivity index (χ2v) is 15.8. The minimum Gasteiger partial charge on any atom is -0.352 e. The van der Waals surface area contributed by atoms with E-state index >= 15 is 0 Å². The highest BCUT2D eigenvalue weighted by Crippen LogP contribution is 2.55. The predicted molar refractivity (Wildman–Crippen MR) is 170 cm³/mol. The van der Waals surface area contributed by atoms with E-state index in [1.807, 2.05) is 6.07 Å². The highest BCUT2D eigenvalue weighted by Gasteiger charge is 2.65. The summed E-state index contributed by atoms with van der Waals surface area (Å²) in [5, 5.41) is 10.2. The van der Waals surface area contributed by atoms with Gasteiger partial charge in [0.15, 0.2) is 0 Å². The molecule has 1 aromatic rings. The molecule has 0 bridgehead atoms. The number of anilines is 1. The Hall–Kier alpha value is -2.24. The highest BCUT2D eigenvalue weighted by molar-refractivity contribution is 7.88. The van der Waals surface area contributed by atoms with Gasteiger partial charge in [0.1, 0.15) is 12.1 Å². The topological polar surface area (TPSA) is 116 Å². The van der Waals surface area contributed by atoms with Gasteiger partial charge in [-0.1, -0.05) is 68.8 Å². The molecule has 2 fully saturated rings. The lowest BCUT2D eigenvalue weighted by Gasteiger charge is -2.38. The van der Waals surface area contributed by atoms with Crippen molar-refractivity contribution < 1.29 is 22.4 Å². The molecule has 3 aliphatic rings. The molecular weight excluding hydrogens is 614 g/mol. The Bertz CT molecular complexity index is 1430. The second kappa shape index (κ2) is 13.0. The molecule has 2 amide bonds. The molecular formula is C31H41Cl2FN4O4S. The van der Waals surface area contributed by atoms with Gasteiger partial charge in [-0.15, -0.1) is 0 Å². The van der Waals surface area contributed by atoms with Crippen molar-refractivity contribution in [2.75, 3.05) is 18.2 Å². The molecule has 1 saturated heterocycles. The first-order chi connectivity index (χ1) is 20.0. The third-order valence-corrected chi connectivity index (χ3v) is 9.70. The smallest absolute Gasteiger partial charge is 0.238 e. The summed E-state index contributed by atoms with van der Waals surface area (Å²) in [6.45, 7) is 9.75. The van der Waals surface area contributed by atoms with E-state index in [0.29, 0.717) is 48.4 Å². The maximum atomic E-state index is 14.2. The van der Waals surface area contributed by atoms with Crippen molar-refractivity contribution in [3.05, 3.63) is 64.2 Å². The number of nitrogens with one attached hydrogen (secondary N) is 4. The fourth-order valence-electron chi connectivity index (χ4n) is 6.85. The van der Waals surface area contributed by atoms with Crippen LogP contribution in [0.5, 0.6) is 0 Å². The van der Waals surface area contributed by atoms with E-state index < -0.39 is 40.1 Å². The van der Waals surface area contributed by atoms with Crippen LogP contribution in [0.15, 0.2) is 53.6 Å². The van der Waals surface area contributed by atoms with Crippen LogP contribution in [0.3, 0.4) is 0 Å². The standard InChI is InChI=1S/C31H41Cl2FN4O4S/c1-18(7-6-8-20(33)17-34)26-27(28(39)35-21-10-12-22(13-11-21)38-43(5,41)42)37-25(16-30(2,3)4)31(26)23-14-9-19(32)15-24(23)36-29(31)40/h6-9,14-15,21-22,25-27,37-38H,1,10-13,16-17H2,2-5H3,(H,35,39)(H,36,40)/b7-6-,20-8+/t21-,22+,25-,26+,27-,31+/m1/s1. The summed E-state index contributed by atoms with van der Waals surface area (Å²) >= 11 is 12.2. The summed E-state index contributed by atoms with van der Waals surface area (Å²) < 4.78 is 39.0. The normalized spacial score (nSPS) is 29.6. The zero-order chi connectivity index (χ0) is 31.7. The fraction of sp³-hybridized carbons (Fsp3) is 0.548. The monoisotopic (exact) mass is 654 g/mol. The third kappa shape index (κ3) is 7.53. The van der Waals surface area contributed by atoms with Gasteiger partial charge < -0.3 is 16.0 Å². The van der Waals surface area contributed by atoms with Gasteiger partial charge in [0, 0.05) is 39.8 Å². The van der Waals surface area contributed by atoms with Crippen molar-refractivity contribution in [2.24, 2.45) is 11.3 Å². The van der Waals surface area contributed by atoms with Crippen LogP contribution in [-0.2, 0) is 25.0 Å². The van der Waals surface area contributed by atoms with Crippen LogP contribution in [0, 0.1) is 11.3 Å². The lowest BCUT2D eigenvalue weighted by atomic mass is 9.62. The lowest BCUT2D eigenvalue weighted by Crippen LogP contribution is -2.51. The van der Waals surface area contributed by atoms with Gasteiger partial charge in [-0.3, -0.25) is 9.59 Å². The molecule has 12 heteroatoms. The van der Waals surface area contributed by atoms with Crippen LogP contribution in [0.25, 0.3) is 0 Å². The lowest BCUT2D eigenvalue weighted by molar-refractivity contribution is -0.125. The highest BCUT2D eigenvalue weighted by atomic mass is 35.5. The summed E-state index contributed by atoms with van der Waals surface area (Å²) in [4.78, 5) is 28.3. The molecule has 4 atom stereocenters. The van der Waals surface area contributed by atoms with Crippen LogP contribution in [0.4, 0.5) is 10.1 Å². The van der Waals surface area contributed by atoms with Gasteiger partial charge in [0.25, 0.3) is 0 Å². The van der Waals surface area contributed by atoms with Crippen LogP contribution in [-0.4, -0.2) is 57.3 Å². The Balaban J connectivity index is 1.72. The van der Waals surface area contributed by atoms with Gasteiger partial charge in [-0.05, 0) is 66.9 Å². The Kier molecular flexibility index (Phi) is 10.2. The van der Waals surface area contributed by atoms with Crippen molar-refractivity contribution in [1.82, 2.24) is 15.4 Å². The predicted octanol–water partition coefficient (Wildman–Crippen LogP) is 5.10. The number of amides is 2. The van der Waals surface area contributed by atoms with Crippen LogP contribution in [0.2, 0.25) is 5.02 Å². The molecule has 1 spiro atoms. The number of sulfonamides is 1. The minimum absolute atomic E-state index is 0.0165. The number of fused-ring (bicyclic) bond motifs is 2. The van der Waals surface area contributed by atoms with E-state index in [0.717, 1.165) is 11.8 Å². The number of carbonyl (C=O) groups is 2. The number of allylic oxidation sites excluding steroid dienone is 4. The third-order valence-electron chi connectivity index (χ3n) is 8.47. The quantitative estimate of drug-likeness (QED) is 0.276. The minimum atomic E-state index is -3.32. The molecule has 0 aromatic heterocycles. The van der Waals surface area contributed by atoms with E-state index in [9.17, 15) is 22.4 Å². The summed E-state index contributed by atoms with van der Waals surface area (Å²) in [7, 11) is -3.32. The Morgan fingerprint density at radius 2 is 1.86 bits per heavy atom. The SMILES string of the molecule is C=C(/C=C\C=C(\Cl)CF)[C@H]1[C@H](C(=O)N[C@H]2CC[C@@H](NS(C)(=O)=O)CC2)N[C@H](CC(C)(C)C)[C@]12C(=O)Nc1cc(Cl)ccc12. The Labute approximate surface area is 264 Å². The Morgan fingerprint density at radius 3 is 2.47 bits per heavy atom. The van der Waals surface area contributed by atoms with Crippen LogP contribution in [0.1, 0.15) is 58.4 Å². The van der Waals surface area contributed by atoms with Crippen molar-refractivity contribution >= 4 is 50.7 Å². The van der Waals surface area contributed by atoms with Crippen molar-refractivity contribution in [1.29, 1.82) is 0 Å². The number of halogens is 3. The summed E-state index contributed by atoms with van der Waals surface area (Å²) in [6, 6.07) is 3.74. The maximum Gasteiger partial charge on any atom is 0.238 e. The molecule has 1 aromatic carbocycles. The van der Waals surface area contributed by atoms with Gasteiger partial charge in [0.05, 0.1) is 12.3 Å². The fourth-order valence-corrected chi connectivity index (χ4v) is 7.93. The molecule has 4 N–H and O–H groups in total. The van der Waals surface area contributed by atoms with E-state index in [1.54, 1.807) is 24.3 Å². The number of hydrogen-bond donors (Lipinski definition) is 4. The van der Waals surface area contributed by atoms with E-state index in [-0.39, 0.29) is 34.3 Å². The molecule has 0 radical (unpaired) electrons. The molecule has 43 heavy (non-hydrogen) atoms. The zero-order valence-electron chi connectivity index (χ0n) is 25.0. The van der Waals surface area contributed by atoms with E-state index in [2.05, 4.69) is 48.0 Å². The van der Waals surface area contributed by atoms with Crippen molar-refractivity contribution in [3.63, 3.8) is 0 Å². The number of benzene rings is 1. The second-order valence-electron chi connectivity index (χ2n) is 13.1. The first-order valence-electron chi connectivity index (χ1n) is 14.5. The number of carbonyl (C=O) groups excluding carboxylic acids is 2. The largest absolute Gasteiger partial charge is 0.352 e. The molecule has 2 aliphatic heterocycles. The molecule has 1 saturated carbocycles. The number of rotatable bonds is 9. The first-order valence-corrected chi connectivity index (χ1v) is 17.1. The first kappa shape index (κ1) is 33.6. The van der Waals surface area contributed by atoms with Crippen molar-refractivity contribution in [3.8, 4) is 0 Å². The van der Waals surface area contributed by atoms with Gasteiger partial charge in [-0.2, -0.15) is 0 Å². The maximum absolute atomic E-state index is 14.2. The van der Waals surface area contributed by atoms with Crippen LogP contribution < -0.4 is 20.7 Å². The average Bonchev–Trinajstić information content (AvgIpc) is 3.37. The number of alkyl halides is 1. The summed E-state index contributed by atoms with van der Waals surface area (Å²) in [5.74, 6) is -1.20. The molecule has 4 rings (SSSR count). The number of hydrogen-bond acceptors (Lipinski definition) is 5. The van der Waals surface area contributed by atoms with E-state index in [1.165, 1.54) is 6.08 Å².